The molecular weight excluding hydrogens is 322 g/mol. The van der Waals surface area contributed by atoms with Crippen molar-refractivity contribution in [2.75, 3.05) is 11.9 Å². The molecule has 0 aliphatic carbocycles. The summed E-state index contributed by atoms with van der Waals surface area (Å²) in [6.07, 6.45) is 0. The molecule has 25 heavy (non-hydrogen) atoms. The molecule has 1 heterocycles. The van der Waals surface area contributed by atoms with Crippen molar-refractivity contribution in [3.8, 4) is 0 Å². The van der Waals surface area contributed by atoms with Gasteiger partial charge in [0.05, 0.1) is 0 Å². The van der Waals surface area contributed by atoms with Gasteiger partial charge >= 0.3 is 5.97 Å². The topological polar surface area (TPSA) is 85.6 Å². The van der Waals surface area contributed by atoms with Crippen LogP contribution in [-0.4, -0.2) is 24.3 Å². The number of ether oxygens (including phenoxy) is 1. The number of Topliss-reactive ketones (excluding diaryl/α,β-unsaturated/α-hetero) is 1. The van der Waals surface area contributed by atoms with Crippen LogP contribution in [0.4, 0.5) is 5.69 Å². The zero-order valence-corrected chi connectivity index (χ0v) is 13.4. The minimum Gasteiger partial charge on any atom is -0.450 e. The summed E-state index contributed by atoms with van der Waals surface area (Å²) in [6.45, 7) is 0.982. The Kier molecular flexibility index (Phi) is 4.61. The number of amides is 1. The van der Waals surface area contributed by atoms with E-state index < -0.39 is 18.5 Å². The molecule has 0 radical (unpaired) electrons. The molecule has 0 bridgehead atoms. The molecule has 2 aromatic carbocycles. The molecule has 6 heteroatoms. The molecule has 1 amide bonds. The number of esters is 1. The first-order chi connectivity index (χ1) is 12.0. The number of anilines is 1. The van der Waals surface area contributed by atoms with Crippen molar-refractivity contribution in [2.45, 2.75) is 6.92 Å². The van der Waals surface area contributed by atoms with Crippen LogP contribution in [0.2, 0.25) is 0 Å². The predicted molar refractivity (Wildman–Crippen MR) is 91.6 cm³/mol. The number of carbonyl (C=O) groups excluding carboxylic acids is 3. The smallest absolute Gasteiger partial charge is 0.374 e. The highest BCUT2D eigenvalue weighted by atomic mass is 16.5. The maximum Gasteiger partial charge on any atom is 0.374 e. The fraction of sp³-hybridized carbons (Fsp3) is 0.105. The van der Waals surface area contributed by atoms with E-state index in [1.807, 2.05) is 12.1 Å². The van der Waals surface area contributed by atoms with Crippen LogP contribution in [0.1, 0.15) is 27.8 Å². The average molecular weight is 337 g/mol. The van der Waals surface area contributed by atoms with Crippen LogP contribution in [0.3, 0.4) is 0 Å². The zero-order chi connectivity index (χ0) is 17.8. The lowest BCUT2D eigenvalue weighted by Crippen LogP contribution is -2.20. The van der Waals surface area contributed by atoms with E-state index in [4.69, 9.17) is 9.15 Å². The lowest BCUT2D eigenvalue weighted by Gasteiger charge is -2.06. The predicted octanol–water partition coefficient (Wildman–Crippen LogP) is 3.43. The minimum atomic E-state index is -0.719. The van der Waals surface area contributed by atoms with Gasteiger partial charge < -0.3 is 14.5 Å². The maximum absolute atomic E-state index is 12.0. The van der Waals surface area contributed by atoms with Crippen LogP contribution < -0.4 is 5.32 Å². The second-order valence-corrected chi connectivity index (χ2v) is 5.41. The number of rotatable bonds is 5. The number of carbonyl (C=O) groups is 3. The minimum absolute atomic E-state index is 0.0348. The van der Waals surface area contributed by atoms with Gasteiger partial charge in [0.15, 0.2) is 12.4 Å². The van der Waals surface area contributed by atoms with Crippen molar-refractivity contribution in [1.29, 1.82) is 0 Å². The molecule has 0 atom stereocenters. The highest BCUT2D eigenvalue weighted by molar-refractivity contribution is 5.98. The third-order valence-corrected chi connectivity index (χ3v) is 3.51. The number of fused-ring (bicyclic) bond motifs is 1. The van der Waals surface area contributed by atoms with Crippen LogP contribution in [0.25, 0.3) is 11.0 Å². The maximum atomic E-state index is 12.0. The van der Waals surface area contributed by atoms with Crippen LogP contribution in [-0.2, 0) is 9.53 Å². The summed E-state index contributed by atoms with van der Waals surface area (Å²) in [7, 11) is 0. The largest absolute Gasteiger partial charge is 0.450 e. The SMILES string of the molecule is CC(=O)c1cccc(NC(=O)COC(=O)c2cc3ccccc3o2)c1. The van der Waals surface area contributed by atoms with E-state index in [-0.39, 0.29) is 11.5 Å². The Labute approximate surface area is 143 Å². The van der Waals surface area contributed by atoms with Crippen molar-refractivity contribution in [2.24, 2.45) is 0 Å². The first-order valence-electron chi connectivity index (χ1n) is 7.59. The third kappa shape index (κ3) is 3.92. The van der Waals surface area contributed by atoms with E-state index in [1.165, 1.54) is 6.92 Å². The van der Waals surface area contributed by atoms with E-state index >= 15 is 0 Å². The first-order valence-corrected chi connectivity index (χ1v) is 7.59. The average Bonchev–Trinajstić information content (AvgIpc) is 3.04. The van der Waals surface area contributed by atoms with Gasteiger partial charge in [-0.2, -0.15) is 0 Å². The van der Waals surface area contributed by atoms with E-state index in [9.17, 15) is 14.4 Å². The van der Waals surface area contributed by atoms with Gasteiger partial charge in [-0.15, -0.1) is 0 Å². The second kappa shape index (κ2) is 7.00. The summed E-state index contributed by atoms with van der Waals surface area (Å²) in [5, 5.41) is 3.35. The van der Waals surface area contributed by atoms with Crippen molar-refractivity contribution in [1.82, 2.24) is 0 Å². The number of nitrogens with one attached hydrogen (secondary N) is 1. The monoisotopic (exact) mass is 337 g/mol. The number of furan rings is 1. The van der Waals surface area contributed by atoms with E-state index in [0.717, 1.165) is 5.39 Å². The lowest BCUT2D eigenvalue weighted by molar-refractivity contribution is -0.119. The molecule has 1 aromatic heterocycles. The fourth-order valence-corrected chi connectivity index (χ4v) is 2.30. The highest BCUT2D eigenvalue weighted by Gasteiger charge is 2.15. The molecule has 0 aliphatic heterocycles. The number of hydrogen-bond acceptors (Lipinski definition) is 5. The van der Waals surface area contributed by atoms with Crippen LogP contribution in [0.5, 0.6) is 0 Å². The van der Waals surface area contributed by atoms with Crippen LogP contribution >= 0.6 is 0 Å². The molecule has 126 valence electrons. The summed E-state index contributed by atoms with van der Waals surface area (Å²) in [5.41, 5.74) is 1.51. The number of para-hydroxylation sites is 1. The second-order valence-electron chi connectivity index (χ2n) is 5.41. The Hall–Kier alpha value is -3.41. The summed E-state index contributed by atoms with van der Waals surface area (Å²) >= 11 is 0. The van der Waals surface area contributed by atoms with Crippen molar-refractivity contribution in [3.63, 3.8) is 0 Å². The van der Waals surface area contributed by atoms with E-state index in [0.29, 0.717) is 16.8 Å². The standard InChI is InChI=1S/C19H15NO5/c1-12(21)13-6-4-7-15(9-13)20-18(22)11-24-19(23)17-10-14-5-2-3-8-16(14)25-17/h2-10H,11H2,1H3,(H,20,22). The van der Waals surface area contributed by atoms with Gasteiger partial charge in [0.2, 0.25) is 5.76 Å². The van der Waals surface area contributed by atoms with Gasteiger partial charge in [0.1, 0.15) is 5.58 Å². The summed E-state index contributed by atoms with van der Waals surface area (Å²) in [5.74, 6) is -1.30. The molecule has 0 unspecified atom stereocenters. The fourth-order valence-electron chi connectivity index (χ4n) is 2.30. The molecule has 6 nitrogen and oxygen atoms in total. The third-order valence-electron chi connectivity index (χ3n) is 3.51. The van der Waals surface area contributed by atoms with Gasteiger partial charge in [-0.3, -0.25) is 9.59 Å². The van der Waals surface area contributed by atoms with Crippen molar-refractivity contribution in [3.05, 3.63) is 65.9 Å². The number of benzene rings is 2. The molecule has 0 saturated carbocycles. The number of hydrogen-bond donors (Lipinski definition) is 1. The van der Waals surface area contributed by atoms with Crippen molar-refractivity contribution < 1.29 is 23.5 Å². The number of ketones is 1. The highest BCUT2D eigenvalue weighted by Crippen LogP contribution is 2.19. The Morgan fingerprint density at radius 1 is 1.04 bits per heavy atom. The van der Waals surface area contributed by atoms with E-state index in [2.05, 4.69) is 5.32 Å². The van der Waals surface area contributed by atoms with Crippen LogP contribution in [0.15, 0.2) is 59.0 Å². The van der Waals surface area contributed by atoms with Crippen molar-refractivity contribution >= 4 is 34.3 Å². The Balaban J connectivity index is 1.59. The van der Waals surface area contributed by atoms with Gasteiger partial charge in [-0.1, -0.05) is 30.3 Å². The summed E-state index contributed by atoms with van der Waals surface area (Å²) < 4.78 is 10.3. The molecule has 0 spiro atoms. The molecular formula is C19H15NO5. The van der Waals surface area contributed by atoms with Crippen LogP contribution in [0, 0.1) is 0 Å². The zero-order valence-electron chi connectivity index (χ0n) is 13.4. The first kappa shape index (κ1) is 16.4. The van der Waals surface area contributed by atoms with Gasteiger partial charge in [0, 0.05) is 16.6 Å². The molecule has 0 aliphatic rings. The summed E-state index contributed by atoms with van der Waals surface area (Å²) in [4.78, 5) is 35.2. The molecule has 0 fully saturated rings. The Morgan fingerprint density at radius 2 is 1.84 bits per heavy atom. The summed E-state index contributed by atoms with van der Waals surface area (Å²) in [6, 6.07) is 15.2. The molecule has 1 N–H and O–H groups in total. The van der Waals surface area contributed by atoms with Gasteiger partial charge in [0.25, 0.3) is 5.91 Å². The van der Waals surface area contributed by atoms with Gasteiger partial charge in [-0.05, 0) is 31.2 Å². The lowest BCUT2D eigenvalue weighted by atomic mass is 10.1. The molecule has 3 rings (SSSR count). The Morgan fingerprint density at radius 3 is 2.60 bits per heavy atom. The Bertz CT molecular complexity index is 924. The van der Waals surface area contributed by atoms with E-state index in [1.54, 1.807) is 42.5 Å². The molecule has 3 aromatic rings. The molecule has 0 saturated heterocycles. The quantitative estimate of drug-likeness (QED) is 0.569. The van der Waals surface area contributed by atoms with Gasteiger partial charge in [-0.25, -0.2) is 4.79 Å². The normalized spacial score (nSPS) is 10.4.